The number of ether oxygens (including phenoxy) is 1. The number of phenolic OH excluding ortho intramolecular Hbond substituents is 1. The third-order valence-corrected chi connectivity index (χ3v) is 3.65. The molecule has 1 amide bonds. The fourth-order valence-corrected chi connectivity index (χ4v) is 2.12. The van der Waals surface area contributed by atoms with E-state index in [1.165, 1.54) is 30.5 Å². The van der Waals surface area contributed by atoms with E-state index in [0.29, 0.717) is 5.02 Å². The van der Waals surface area contributed by atoms with Gasteiger partial charge in [0.25, 0.3) is 5.91 Å². The molecule has 0 heterocycles. The molecule has 0 spiro atoms. The molecule has 120 valence electrons. The first-order valence-corrected chi connectivity index (χ1v) is 7.47. The summed E-state index contributed by atoms with van der Waals surface area (Å²) in [5.74, 6) is -0.0704. The maximum atomic E-state index is 11.6. The van der Waals surface area contributed by atoms with Crippen LogP contribution in [0.4, 0.5) is 0 Å². The summed E-state index contributed by atoms with van der Waals surface area (Å²) < 4.78 is 5.26. The highest BCUT2D eigenvalue weighted by Crippen LogP contribution is 2.33. The number of rotatable bonds is 5. The van der Waals surface area contributed by atoms with Crippen LogP contribution < -0.4 is 10.2 Å². The SMILES string of the molecule is O=C(COc1cc(Cl)c(Cl)cc1Cl)NN=Cc1ccc(O)cc1. The van der Waals surface area contributed by atoms with Crippen molar-refractivity contribution in [2.75, 3.05) is 6.61 Å². The Kier molecular flexibility index (Phi) is 6.10. The zero-order valence-electron chi connectivity index (χ0n) is 11.6. The smallest absolute Gasteiger partial charge is 0.277 e. The predicted octanol–water partition coefficient (Wildman–Crippen LogP) is 3.88. The van der Waals surface area contributed by atoms with Crippen LogP contribution in [0.1, 0.15) is 5.56 Å². The van der Waals surface area contributed by atoms with Gasteiger partial charge in [-0.05, 0) is 35.9 Å². The number of hydrazone groups is 1. The van der Waals surface area contributed by atoms with E-state index in [0.717, 1.165) is 5.56 Å². The van der Waals surface area contributed by atoms with Gasteiger partial charge < -0.3 is 9.84 Å². The molecule has 2 aromatic rings. The van der Waals surface area contributed by atoms with Crippen LogP contribution in [-0.2, 0) is 4.79 Å². The lowest BCUT2D eigenvalue weighted by Gasteiger charge is -2.08. The Morgan fingerprint density at radius 2 is 1.78 bits per heavy atom. The second kappa shape index (κ2) is 8.06. The van der Waals surface area contributed by atoms with Gasteiger partial charge in [0.2, 0.25) is 0 Å². The van der Waals surface area contributed by atoms with E-state index < -0.39 is 5.91 Å². The molecule has 0 bridgehead atoms. The number of nitrogens with zero attached hydrogens (tertiary/aromatic N) is 1. The van der Waals surface area contributed by atoms with E-state index in [1.54, 1.807) is 12.1 Å². The van der Waals surface area contributed by atoms with E-state index in [-0.39, 0.29) is 28.2 Å². The Morgan fingerprint density at radius 1 is 1.13 bits per heavy atom. The summed E-state index contributed by atoms with van der Waals surface area (Å²) in [5.41, 5.74) is 3.02. The molecule has 0 aliphatic heterocycles. The molecule has 2 aromatic carbocycles. The lowest BCUT2D eigenvalue weighted by molar-refractivity contribution is -0.123. The maximum Gasteiger partial charge on any atom is 0.277 e. The summed E-state index contributed by atoms with van der Waals surface area (Å²) in [6.45, 7) is -0.287. The topological polar surface area (TPSA) is 70.9 Å². The summed E-state index contributed by atoms with van der Waals surface area (Å²) in [4.78, 5) is 11.6. The second-order valence-corrected chi connectivity index (χ2v) is 5.59. The first-order chi connectivity index (χ1) is 11.0. The van der Waals surface area contributed by atoms with Gasteiger partial charge in [0, 0.05) is 6.07 Å². The zero-order chi connectivity index (χ0) is 16.8. The van der Waals surface area contributed by atoms with Crippen molar-refractivity contribution >= 4 is 46.9 Å². The lowest BCUT2D eigenvalue weighted by Crippen LogP contribution is -2.24. The first-order valence-electron chi connectivity index (χ1n) is 6.34. The number of amides is 1. The molecule has 0 radical (unpaired) electrons. The highest BCUT2D eigenvalue weighted by Gasteiger charge is 2.09. The molecule has 2 rings (SSSR count). The van der Waals surface area contributed by atoms with E-state index in [9.17, 15) is 4.79 Å². The number of hydrogen-bond donors (Lipinski definition) is 2. The molecule has 0 saturated heterocycles. The van der Waals surface area contributed by atoms with E-state index >= 15 is 0 Å². The fourth-order valence-electron chi connectivity index (χ4n) is 1.53. The van der Waals surface area contributed by atoms with Gasteiger partial charge in [-0.25, -0.2) is 5.43 Å². The van der Waals surface area contributed by atoms with Gasteiger partial charge in [-0.2, -0.15) is 5.10 Å². The molecular formula is C15H11Cl3N2O3. The Morgan fingerprint density at radius 3 is 2.48 bits per heavy atom. The minimum absolute atomic E-state index is 0.151. The average Bonchev–Trinajstić information content (AvgIpc) is 2.51. The van der Waals surface area contributed by atoms with Gasteiger partial charge in [0.15, 0.2) is 6.61 Å². The molecule has 0 saturated carbocycles. The monoisotopic (exact) mass is 372 g/mol. The Balaban J connectivity index is 1.86. The molecule has 0 aromatic heterocycles. The lowest BCUT2D eigenvalue weighted by atomic mass is 10.2. The number of carbonyl (C=O) groups is 1. The summed E-state index contributed by atoms with van der Waals surface area (Å²) in [6.07, 6.45) is 1.43. The van der Waals surface area contributed by atoms with Crippen molar-refractivity contribution in [3.8, 4) is 11.5 Å². The summed E-state index contributed by atoms with van der Waals surface area (Å²) in [5, 5.41) is 13.7. The van der Waals surface area contributed by atoms with Crippen LogP contribution >= 0.6 is 34.8 Å². The quantitative estimate of drug-likeness (QED) is 0.474. The Labute approximate surface area is 147 Å². The number of halogens is 3. The molecule has 8 heteroatoms. The summed E-state index contributed by atoms with van der Waals surface area (Å²) in [6, 6.07) is 9.19. The molecule has 5 nitrogen and oxygen atoms in total. The zero-order valence-corrected chi connectivity index (χ0v) is 13.9. The van der Waals surface area contributed by atoms with Gasteiger partial charge in [-0.3, -0.25) is 4.79 Å². The van der Waals surface area contributed by atoms with Crippen LogP contribution in [0.2, 0.25) is 15.1 Å². The van der Waals surface area contributed by atoms with Crippen LogP contribution in [0.25, 0.3) is 0 Å². The van der Waals surface area contributed by atoms with Crippen molar-refractivity contribution in [2.24, 2.45) is 5.10 Å². The molecule has 0 unspecified atom stereocenters. The van der Waals surface area contributed by atoms with Crippen molar-refractivity contribution in [1.29, 1.82) is 0 Å². The molecule has 2 N–H and O–H groups in total. The second-order valence-electron chi connectivity index (χ2n) is 4.37. The Bertz CT molecular complexity index is 733. The van der Waals surface area contributed by atoms with Gasteiger partial charge in [0.1, 0.15) is 11.5 Å². The van der Waals surface area contributed by atoms with Crippen molar-refractivity contribution in [3.63, 3.8) is 0 Å². The van der Waals surface area contributed by atoms with E-state index in [4.69, 9.17) is 44.6 Å². The fraction of sp³-hybridized carbons (Fsp3) is 0.0667. The normalized spacial score (nSPS) is 10.7. The van der Waals surface area contributed by atoms with E-state index in [1.807, 2.05) is 0 Å². The largest absolute Gasteiger partial charge is 0.508 e. The third-order valence-electron chi connectivity index (χ3n) is 2.63. The van der Waals surface area contributed by atoms with Gasteiger partial charge in [-0.1, -0.05) is 34.8 Å². The highest BCUT2D eigenvalue weighted by atomic mass is 35.5. The number of hydrogen-bond acceptors (Lipinski definition) is 4. The number of aromatic hydroxyl groups is 1. The number of nitrogens with one attached hydrogen (secondary N) is 1. The van der Waals surface area contributed by atoms with Crippen molar-refractivity contribution in [2.45, 2.75) is 0 Å². The average molecular weight is 374 g/mol. The third kappa shape index (κ3) is 5.32. The van der Waals surface area contributed by atoms with Crippen LogP contribution in [0.3, 0.4) is 0 Å². The van der Waals surface area contributed by atoms with Crippen LogP contribution in [0.15, 0.2) is 41.5 Å². The molecular weight excluding hydrogens is 363 g/mol. The molecule has 0 atom stereocenters. The molecule has 0 aliphatic rings. The number of carbonyl (C=O) groups excluding carboxylic acids is 1. The van der Waals surface area contributed by atoms with Gasteiger partial charge in [-0.15, -0.1) is 0 Å². The van der Waals surface area contributed by atoms with Crippen LogP contribution in [0.5, 0.6) is 11.5 Å². The molecule has 0 fully saturated rings. The van der Waals surface area contributed by atoms with Crippen molar-refractivity contribution in [3.05, 3.63) is 57.0 Å². The minimum Gasteiger partial charge on any atom is -0.508 e. The van der Waals surface area contributed by atoms with Gasteiger partial charge in [0.05, 0.1) is 21.3 Å². The summed E-state index contributed by atoms with van der Waals surface area (Å²) >= 11 is 17.6. The van der Waals surface area contributed by atoms with Gasteiger partial charge >= 0.3 is 0 Å². The molecule has 0 aliphatic carbocycles. The minimum atomic E-state index is -0.470. The number of phenols is 1. The van der Waals surface area contributed by atoms with E-state index in [2.05, 4.69) is 10.5 Å². The predicted molar refractivity (Wildman–Crippen MR) is 90.8 cm³/mol. The van der Waals surface area contributed by atoms with Crippen molar-refractivity contribution < 1.29 is 14.6 Å². The first kappa shape index (κ1) is 17.4. The summed E-state index contributed by atoms with van der Waals surface area (Å²) in [7, 11) is 0. The van der Waals surface area contributed by atoms with Crippen molar-refractivity contribution in [1.82, 2.24) is 5.43 Å². The molecule has 23 heavy (non-hydrogen) atoms. The maximum absolute atomic E-state index is 11.6. The standard InChI is InChI=1S/C15H11Cl3N2O3/c16-11-5-13(18)14(6-12(11)17)23-8-15(22)20-19-7-9-1-3-10(21)4-2-9/h1-7,21H,8H2,(H,20,22). The number of benzene rings is 2. The van der Waals surface area contributed by atoms with Crippen LogP contribution in [-0.4, -0.2) is 23.8 Å². The van der Waals surface area contributed by atoms with Crippen LogP contribution in [0, 0.1) is 0 Å². The Hall–Kier alpha value is -1.95. The highest BCUT2D eigenvalue weighted by molar-refractivity contribution is 6.43.